The molecule has 7 nitrogen and oxygen atoms in total. The normalized spacial score (nSPS) is 11.9. The van der Waals surface area contributed by atoms with Gasteiger partial charge in [0.05, 0.1) is 23.5 Å². The lowest BCUT2D eigenvalue weighted by Crippen LogP contribution is -2.32. The fourth-order valence-electron chi connectivity index (χ4n) is 2.19. The molecule has 0 aliphatic carbocycles. The van der Waals surface area contributed by atoms with Gasteiger partial charge in [-0.05, 0) is 30.3 Å². The van der Waals surface area contributed by atoms with Crippen LogP contribution < -0.4 is 10.6 Å². The van der Waals surface area contributed by atoms with Crippen LogP contribution in [0.5, 0.6) is 0 Å². The Hall–Kier alpha value is -2.77. The first-order valence-electron chi connectivity index (χ1n) is 7.20. The number of benzene rings is 1. The van der Waals surface area contributed by atoms with E-state index in [0.29, 0.717) is 22.2 Å². The maximum atomic E-state index is 12.1. The van der Waals surface area contributed by atoms with Crippen LogP contribution in [0, 0.1) is 0 Å². The van der Waals surface area contributed by atoms with E-state index in [2.05, 4.69) is 15.7 Å². The number of hydrogen-bond donors (Lipinski definition) is 3. The number of urea groups is 1. The first-order chi connectivity index (χ1) is 11.6. The number of nitrogens with one attached hydrogen (secondary N) is 2. The molecule has 1 aromatic carbocycles. The van der Waals surface area contributed by atoms with Crippen molar-refractivity contribution in [2.24, 2.45) is 0 Å². The highest BCUT2D eigenvalue weighted by Crippen LogP contribution is 2.27. The van der Waals surface area contributed by atoms with Crippen LogP contribution >= 0.6 is 11.6 Å². The van der Waals surface area contributed by atoms with E-state index in [1.54, 1.807) is 53.5 Å². The Morgan fingerprint density at radius 2 is 2.21 bits per heavy atom. The van der Waals surface area contributed by atoms with Gasteiger partial charge >= 0.3 is 6.03 Å². The molecule has 0 aliphatic rings. The summed E-state index contributed by atoms with van der Waals surface area (Å²) in [5.41, 5.74) is 1.06. The smallest absolute Gasteiger partial charge is 0.319 e. The molecule has 3 aromatic rings. The monoisotopic (exact) mass is 346 g/mol. The maximum absolute atomic E-state index is 12.1. The third kappa shape index (κ3) is 3.58. The largest absolute Gasteiger partial charge is 0.467 e. The lowest BCUT2D eigenvalue weighted by Gasteiger charge is -2.14. The van der Waals surface area contributed by atoms with Crippen LogP contribution in [-0.2, 0) is 0 Å². The van der Waals surface area contributed by atoms with E-state index in [-0.39, 0.29) is 6.54 Å². The summed E-state index contributed by atoms with van der Waals surface area (Å²) in [6.07, 6.45) is 3.88. The fourth-order valence-corrected chi connectivity index (χ4v) is 2.45. The molecule has 3 rings (SSSR count). The number of hydrogen-bond acceptors (Lipinski definition) is 4. The van der Waals surface area contributed by atoms with Crippen molar-refractivity contribution in [1.82, 2.24) is 15.1 Å². The summed E-state index contributed by atoms with van der Waals surface area (Å²) in [6, 6.07) is 9.73. The predicted octanol–water partition coefficient (Wildman–Crippen LogP) is 2.97. The van der Waals surface area contributed by atoms with Crippen molar-refractivity contribution in [3.8, 4) is 5.69 Å². The predicted molar refractivity (Wildman–Crippen MR) is 89.3 cm³/mol. The lowest BCUT2D eigenvalue weighted by atomic mass is 10.2. The molecule has 2 aromatic heterocycles. The van der Waals surface area contributed by atoms with Crippen LogP contribution in [0.1, 0.15) is 11.9 Å². The molecule has 2 amide bonds. The number of rotatable bonds is 5. The minimum Gasteiger partial charge on any atom is -0.467 e. The standard InChI is InChI=1S/C16H15ClN4O3/c17-11-4-1-5-12(15(11)21-8-3-7-19-21)20-16(23)18-10-13(22)14-6-2-9-24-14/h1-9,13,22H,10H2,(H2,18,20,23). The number of aromatic nitrogens is 2. The molecule has 0 saturated carbocycles. The van der Waals surface area contributed by atoms with E-state index in [0.717, 1.165) is 0 Å². The van der Waals surface area contributed by atoms with Gasteiger partial charge in [0.15, 0.2) is 0 Å². The van der Waals surface area contributed by atoms with E-state index in [4.69, 9.17) is 16.0 Å². The van der Waals surface area contributed by atoms with Crippen molar-refractivity contribution in [2.75, 3.05) is 11.9 Å². The Morgan fingerprint density at radius 3 is 2.92 bits per heavy atom. The Labute approximate surface area is 142 Å². The minimum atomic E-state index is -0.921. The number of nitrogens with zero attached hydrogens (tertiary/aromatic N) is 2. The number of carbonyl (C=O) groups is 1. The number of para-hydroxylation sites is 1. The van der Waals surface area contributed by atoms with Crippen LogP contribution in [0.25, 0.3) is 5.69 Å². The zero-order valence-electron chi connectivity index (χ0n) is 12.5. The average molecular weight is 347 g/mol. The maximum Gasteiger partial charge on any atom is 0.319 e. The fraction of sp³-hybridized carbons (Fsp3) is 0.125. The van der Waals surface area contributed by atoms with E-state index in [9.17, 15) is 9.90 Å². The van der Waals surface area contributed by atoms with E-state index >= 15 is 0 Å². The molecule has 3 N–H and O–H groups in total. The van der Waals surface area contributed by atoms with Gasteiger partial charge in [-0.25, -0.2) is 9.48 Å². The lowest BCUT2D eigenvalue weighted by molar-refractivity contribution is 0.149. The topological polar surface area (TPSA) is 92.3 Å². The first kappa shape index (κ1) is 16.1. The summed E-state index contributed by atoms with van der Waals surface area (Å²) >= 11 is 6.21. The molecule has 0 fully saturated rings. The first-order valence-corrected chi connectivity index (χ1v) is 7.58. The second-order valence-corrected chi connectivity index (χ2v) is 5.36. The molecule has 124 valence electrons. The van der Waals surface area contributed by atoms with Gasteiger partial charge in [-0.15, -0.1) is 0 Å². The van der Waals surface area contributed by atoms with Crippen LogP contribution in [0.4, 0.5) is 10.5 Å². The van der Waals surface area contributed by atoms with Crippen molar-refractivity contribution in [1.29, 1.82) is 0 Å². The number of aliphatic hydroxyl groups excluding tert-OH is 1. The highest BCUT2D eigenvalue weighted by Gasteiger charge is 2.14. The molecule has 0 aliphatic heterocycles. The average Bonchev–Trinajstić information content (AvgIpc) is 3.26. The van der Waals surface area contributed by atoms with Gasteiger partial charge in [-0.1, -0.05) is 17.7 Å². The zero-order chi connectivity index (χ0) is 16.9. The Balaban J connectivity index is 1.68. The Bertz CT molecular complexity index is 803. The summed E-state index contributed by atoms with van der Waals surface area (Å²) in [6.45, 7) is 0.0109. The summed E-state index contributed by atoms with van der Waals surface area (Å²) in [4.78, 5) is 12.1. The van der Waals surface area contributed by atoms with Gasteiger partial charge < -0.3 is 20.2 Å². The minimum absolute atomic E-state index is 0.0109. The van der Waals surface area contributed by atoms with Gasteiger partial charge in [0, 0.05) is 12.4 Å². The highest BCUT2D eigenvalue weighted by molar-refractivity contribution is 6.33. The van der Waals surface area contributed by atoms with Crippen molar-refractivity contribution in [3.05, 3.63) is 65.8 Å². The third-order valence-electron chi connectivity index (χ3n) is 3.30. The molecule has 24 heavy (non-hydrogen) atoms. The number of aliphatic hydroxyl groups is 1. The molecular formula is C16H15ClN4O3. The van der Waals surface area contributed by atoms with Gasteiger partial charge in [-0.3, -0.25) is 0 Å². The van der Waals surface area contributed by atoms with Gasteiger partial charge in [0.25, 0.3) is 0 Å². The molecule has 0 spiro atoms. The molecule has 2 heterocycles. The molecule has 0 bridgehead atoms. The van der Waals surface area contributed by atoms with E-state index in [1.165, 1.54) is 6.26 Å². The molecule has 0 radical (unpaired) electrons. The second kappa shape index (κ2) is 7.20. The number of furan rings is 1. The number of carbonyl (C=O) groups excluding carboxylic acids is 1. The summed E-state index contributed by atoms with van der Waals surface area (Å²) < 4.78 is 6.64. The number of halogens is 1. The summed E-state index contributed by atoms with van der Waals surface area (Å²) in [5.74, 6) is 0.385. The van der Waals surface area contributed by atoms with Crippen molar-refractivity contribution in [2.45, 2.75) is 6.10 Å². The van der Waals surface area contributed by atoms with Gasteiger partial charge in [0.1, 0.15) is 17.6 Å². The SMILES string of the molecule is O=C(NCC(O)c1ccco1)Nc1cccc(Cl)c1-n1cccn1. The van der Waals surface area contributed by atoms with Crippen molar-refractivity contribution < 1.29 is 14.3 Å². The Kier molecular flexibility index (Phi) is 4.83. The van der Waals surface area contributed by atoms with Crippen LogP contribution in [0.15, 0.2) is 59.5 Å². The number of anilines is 1. The van der Waals surface area contributed by atoms with Crippen molar-refractivity contribution in [3.63, 3.8) is 0 Å². The molecular weight excluding hydrogens is 332 g/mol. The number of amides is 2. The van der Waals surface area contributed by atoms with Crippen LogP contribution in [-0.4, -0.2) is 27.5 Å². The molecule has 1 atom stereocenters. The van der Waals surface area contributed by atoms with Gasteiger partial charge in [-0.2, -0.15) is 5.10 Å². The van der Waals surface area contributed by atoms with Crippen molar-refractivity contribution >= 4 is 23.3 Å². The molecule has 1 unspecified atom stereocenters. The van der Waals surface area contributed by atoms with E-state index < -0.39 is 12.1 Å². The van der Waals surface area contributed by atoms with E-state index in [1.807, 2.05) is 0 Å². The Morgan fingerprint density at radius 1 is 1.33 bits per heavy atom. The highest BCUT2D eigenvalue weighted by atomic mass is 35.5. The van der Waals surface area contributed by atoms with Crippen LogP contribution in [0.2, 0.25) is 5.02 Å². The van der Waals surface area contributed by atoms with Crippen LogP contribution in [0.3, 0.4) is 0 Å². The zero-order valence-corrected chi connectivity index (χ0v) is 13.3. The second-order valence-electron chi connectivity index (χ2n) is 4.95. The quantitative estimate of drug-likeness (QED) is 0.662. The molecule has 8 heteroatoms. The summed E-state index contributed by atoms with van der Waals surface area (Å²) in [5, 5.41) is 19.8. The van der Waals surface area contributed by atoms with Gasteiger partial charge in [0.2, 0.25) is 0 Å². The summed E-state index contributed by atoms with van der Waals surface area (Å²) in [7, 11) is 0. The third-order valence-corrected chi connectivity index (χ3v) is 3.60. The molecule has 0 saturated heterocycles.